The van der Waals surface area contributed by atoms with Crippen LogP contribution < -0.4 is 10.0 Å². The summed E-state index contributed by atoms with van der Waals surface area (Å²) in [6.45, 7) is 1.26. The molecule has 0 saturated heterocycles. The van der Waals surface area contributed by atoms with Crippen LogP contribution in [0.15, 0.2) is 108 Å². The van der Waals surface area contributed by atoms with Crippen LogP contribution in [0.5, 0.6) is 0 Å². The van der Waals surface area contributed by atoms with Crippen molar-refractivity contribution in [3.8, 4) is 11.1 Å². The van der Waals surface area contributed by atoms with E-state index in [0.717, 1.165) is 33.5 Å². The molecule has 4 aromatic carbocycles. The van der Waals surface area contributed by atoms with Crippen molar-refractivity contribution in [2.75, 3.05) is 0 Å². The van der Waals surface area contributed by atoms with E-state index in [0.29, 0.717) is 18.7 Å². The second-order valence-corrected chi connectivity index (χ2v) is 10.9. The molecule has 0 aliphatic carbocycles. The third kappa shape index (κ3) is 6.58. The van der Waals surface area contributed by atoms with E-state index in [-0.39, 0.29) is 11.3 Å². The molecule has 5 rings (SSSR count). The zero-order valence-electron chi connectivity index (χ0n) is 21.0. The van der Waals surface area contributed by atoms with Crippen molar-refractivity contribution >= 4 is 27.0 Å². The van der Waals surface area contributed by atoms with Crippen LogP contribution in [0.2, 0.25) is 0 Å². The fourth-order valence-corrected chi connectivity index (χ4v) is 5.69. The van der Waals surface area contributed by atoms with Gasteiger partial charge in [-0.2, -0.15) is 0 Å². The molecule has 5 aromatic rings. The van der Waals surface area contributed by atoms with E-state index in [4.69, 9.17) is 0 Å². The van der Waals surface area contributed by atoms with Crippen molar-refractivity contribution in [3.63, 3.8) is 0 Å². The molecular formula is C30H28N4O4S. The van der Waals surface area contributed by atoms with Gasteiger partial charge in [0.15, 0.2) is 0 Å². The van der Waals surface area contributed by atoms with Gasteiger partial charge in [0, 0.05) is 6.54 Å². The van der Waals surface area contributed by atoms with Gasteiger partial charge in [-0.1, -0.05) is 78.9 Å². The largest absolute Gasteiger partial charge is 0.481 e. The van der Waals surface area contributed by atoms with Crippen molar-refractivity contribution in [2.24, 2.45) is 0 Å². The predicted octanol–water partition coefficient (Wildman–Crippen LogP) is 5.01. The molecule has 0 fully saturated rings. The standard InChI is InChI=1S/C30H28N4O4S/c35-30(36)18-28(23-7-2-1-3-8-23)34-39(37,38)25-10-6-9-24(17-25)22-15-13-21(14-16-22)19-31-20-29-32-26-11-4-5-12-27(26)33-29/h1-17,28,31,34H,18-20H2,(H,32,33)(H,35,36). The van der Waals surface area contributed by atoms with Crippen LogP contribution in [0.25, 0.3) is 22.2 Å². The molecule has 1 atom stereocenters. The molecule has 0 spiro atoms. The molecule has 1 aromatic heterocycles. The lowest BCUT2D eigenvalue weighted by molar-refractivity contribution is -0.137. The first-order chi connectivity index (χ1) is 18.9. The third-order valence-corrected chi connectivity index (χ3v) is 7.84. The van der Waals surface area contributed by atoms with Gasteiger partial charge in [0.2, 0.25) is 10.0 Å². The lowest BCUT2D eigenvalue weighted by Gasteiger charge is -2.18. The number of fused-ring (bicyclic) bond motifs is 1. The van der Waals surface area contributed by atoms with Crippen molar-refractivity contribution in [1.29, 1.82) is 0 Å². The minimum absolute atomic E-state index is 0.0721. The summed E-state index contributed by atoms with van der Waals surface area (Å²) in [7, 11) is -3.97. The number of nitrogens with zero attached hydrogens (tertiary/aromatic N) is 1. The van der Waals surface area contributed by atoms with E-state index in [1.165, 1.54) is 6.07 Å². The molecule has 9 heteroatoms. The molecule has 1 heterocycles. The number of H-pyrrole nitrogens is 1. The summed E-state index contributed by atoms with van der Waals surface area (Å²) in [5, 5.41) is 12.7. The van der Waals surface area contributed by atoms with Crippen LogP contribution >= 0.6 is 0 Å². The Morgan fingerprint density at radius 2 is 1.59 bits per heavy atom. The van der Waals surface area contributed by atoms with Crippen molar-refractivity contribution in [1.82, 2.24) is 20.0 Å². The highest BCUT2D eigenvalue weighted by atomic mass is 32.2. The second kappa shape index (κ2) is 11.6. The maximum absolute atomic E-state index is 13.2. The summed E-state index contributed by atoms with van der Waals surface area (Å²) in [5.41, 5.74) is 5.24. The molecule has 198 valence electrons. The molecule has 0 radical (unpaired) electrons. The highest BCUT2D eigenvalue weighted by molar-refractivity contribution is 7.89. The maximum atomic E-state index is 13.2. The van der Waals surface area contributed by atoms with Gasteiger partial charge in [0.05, 0.1) is 34.9 Å². The Bertz CT molecular complexity index is 1650. The summed E-state index contributed by atoms with van der Waals surface area (Å²) in [5.74, 6) is -0.218. The molecule has 8 nitrogen and oxygen atoms in total. The number of carbonyl (C=O) groups is 1. The van der Waals surface area contributed by atoms with Gasteiger partial charge in [-0.15, -0.1) is 0 Å². The number of carboxylic acids is 1. The first-order valence-electron chi connectivity index (χ1n) is 12.5. The number of nitrogens with one attached hydrogen (secondary N) is 3. The summed E-state index contributed by atoms with van der Waals surface area (Å²) < 4.78 is 29.0. The number of carboxylic acid groups (broad SMARTS) is 1. The zero-order chi connectivity index (χ0) is 27.2. The lowest BCUT2D eigenvalue weighted by atomic mass is 10.0. The number of rotatable bonds is 11. The van der Waals surface area contributed by atoms with E-state index < -0.39 is 22.0 Å². The molecule has 1 unspecified atom stereocenters. The Hall–Kier alpha value is -4.31. The van der Waals surface area contributed by atoms with Gasteiger partial charge >= 0.3 is 5.97 Å². The topological polar surface area (TPSA) is 124 Å². The number of hydrogen-bond donors (Lipinski definition) is 4. The highest BCUT2D eigenvalue weighted by Crippen LogP contribution is 2.25. The number of aromatic nitrogens is 2. The van der Waals surface area contributed by atoms with Gasteiger partial charge in [0.25, 0.3) is 0 Å². The fraction of sp³-hybridized carbons (Fsp3) is 0.133. The van der Waals surface area contributed by atoms with Crippen LogP contribution in [0.1, 0.15) is 29.4 Å². The van der Waals surface area contributed by atoms with Crippen LogP contribution in [-0.4, -0.2) is 29.5 Å². The van der Waals surface area contributed by atoms with Gasteiger partial charge in [0.1, 0.15) is 5.82 Å². The number of aromatic amines is 1. The predicted molar refractivity (Wildman–Crippen MR) is 150 cm³/mol. The van der Waals surface area contributed by atoms with Crippen LogP contribution in [0.3, 0.4) is 0 Å². The molecule has 0 amide bonds. The second-order valence-electron chi connectivity index (χ2n) is 9.21. The number of sulfonamides is 1. The Morgan fingerprint density at radius 1 is 0.846 bits per heavy atom. The maximum Gasteiger partial charge on any atom is 0.305 e. The summed E-state index contributed by atoms with van der Waals surface area (Å²) in [6.07, 6.45) is -0.366. The third-order valence-electron chi connectivity index (χ3n) is 6.37. The van der Waals surface area contributed by atoms with Gasteiger partial charge in [-0.3, -0.25) is 4.79 Å². The zero-order valence-corrected chi connectivity index (χ0v) is 21.9. The Balaban J connectivity index is 1.25. The molecule has 0 saturated carbocycles. The quantitative estimate of drug-likeness (QED) is 0.187. The monoisotopic (exact) mass is 540 g/mol. The van der Waals surface area contributed by atoms with Crippen LogP contribution in [0.4, 0.5) is 0 Å². The summed E-state index contributed by atoms with van der Waals surface area (Å²) in [4.78, 5) is 19.4. The fourth-order valence-electron chi connectivity index (χ4n) is 4.42. The normalized spacial score (nSPS) is 12.4. The average Bonchev–Trinajstić information content (AvgIpc) is 3.36. The molecule has 4 N–H and O–H groups in total. The Kier molecular flexibility index (Phi) is 7.83. The van der Waals surface area contributed by atoms with E-state index in [9.17, 15) is 18.3 Å². The van der Waals surface area contributed by atoms with Crippen molar-refractivity contribution in [2.45, 2.75) is 30.4 Å². The van der Waals surface area contributed by atoms with E-state index in [1.807, 2.05) is 54.6 Å². The smallest absolute Gasteiger partial charge is 0.305 e. The SMILES string of the molecule is O=C(O)CC(NS(=O)(=O)c1cccc(-c2ccc(CNCc3nc4ccccc4[nH]3)cc2)c1)c1ccccc1. The average molecular weight is 541 g/mol. The van der Waals surface area contributed by atoms with Crippen LogP contribution in [0, 0.1) is 0 Å². The number of imidazole rings is 1. The number of aliphatic carboxylic acids is 1. The minimum atomic E-state index is -3.97. The highest BCUT2D eigenvalue weighted by Gasteiger charge is 2.24. The van der Waals surface area contributed by atoms with E-state index >= 15 is 0 Å². The minimum Gasteiger partial charge on any atom is -0.481 e. The number of hydrogen-bond acceptors (Lipinski definition) is 5. The first kappa shape index (κ1) is 26.3. The Morgan fingerprint density at radius 3 is 2.33 bits per heavy atom. The van der Waals surface area contributed by atoms with E-state index in [2.05, 4.69) is 20.0 Å². The van der Waals surface area contributed by atoms with Gasteiger partial charge < -0.3 is 15.4 Å². The number of benzene rings is 4. The summed E-state index contributed by atoms with van der Waals surface area (Å²) >= 11 is 0. The van der Waals surface area contributed by atoms with Crippen molar-refractivity contribution in [3.05, 3.63) is 120 Å². The lowest BCUT2D eigenvalue weighted by Crippen LogP contribution is -2.30. The van der Waals surface area contributed by atoms with Crippen LogP contribution in [-0.2, 0) is 27.9 Å². The Labute approximate surface area is 226 Å². The van der Waals surface area contributed by atoms with Gasteiger partial charge in [-0.25, -0.2) is 18.1 Å². The molecule has 39 heavy (non-hydrogen) atoms. The molecule has 0 aliphatic rings. The summed E-state index contributed by atoms with van der Waals surface area (Å²) in [6, 6.07) is 30.3. The molecular weight excluding hydrogens is 512 g/mol. The first-order valence-corrected chi connectivity index (χ1v) is 14.0. The molecule has 0 bridgehead atoms. The van der Waals surface area contributed by atoms with E-state index in [1.54, 1.807) is 42.5 Å². The number of para-hydroxylation sites is 2. The molecule has 0 aliphatic heterocycles. The van der Waals surface area contributed by atoms with Gasteiger partial charge in [-0.05, 0) is 46.5 Å². The van der Waals surface area contributed by atoms with Crippen molar-refractivity contribution < 1.29 is 18.3 Å².